The molecule has 1 aliphatic rings. The van der Waals surface area contributed by atoms with E-state index in [-0.39, 0.29) is 54.6 Å². The Morgan fingerprint density at radius 2 is 1.88 bits per heavy atom. The van der Waals surface area contributed by atoms with Gasteiger partial charge in [0, 0.05) is 24.6 Å². The SMILES string of the molecule is O=C(CCc1nc(-c2ccc(F)cn2)no1)NC1=C(C(=O)O)CC(c2cc(F)cc(F)c2)CC1. The maximum Gasteiger partial charge on any atom is 0.333 e. The minimum atomic E-state index is -1.20. The highest BCUT2D eigenvalue weighted by molar-refractivity contribution is 5.89. The highest BCUT2D eigenvalue weighted by Crippen LogP contribution is 2.36. The molecule has 3 aromatic rings. The minimum Gasteiger partial charge on any atom is -0.478 e. The third-order valence-electron chi connectivity index (χ3n) is 5.45. The molecule has 0 bridgehead atoms. The summed E-state index contributed by atoms with van der Waals surface area (Å²) in [6.07, 6.45) is 1.76. The molecule has 8 nitrogen and oxygen atoms in total. The van der Waals surface area contributed by atoms with E-state index in [1.54, 1.807) is 0 Å². The van der Waals surface area contributed by atoms with Gasteiger partial charge in [-0.3, -0.25) is 4.79 Å². The largest absolute Gasteiger partial charge is 0.478 e. The summed E-state index contributed by atoms with van der Waals surface area (Å²) in [4.78, 5) is 32.2. The predicted molar refractivity (Wildman–Crippen MR) is 112 cm³/mol. The van der Waals surface area contributed by atoms with Crippen LogP contribution in [0.25, 0.3) is 11.5 Å². The Morgan fingerprint density at radius 3 is 2.56 bits per heavy atom. The first-order chi connectivity index (χ1) is 16.3. The summed E-state index contributed by atoms with van der Waals surface area (Å²) in [5.41, 5.74) is 0.959. The van der Waals surface area contributed by atoms with Crippen LogP contribution >= 0.6 is 0 Å². The molecule has 34 heavy (non-hydrogen) atoms. The first-order valence-electron chi connectivity index (χ1n) is 10.4. The second-order valence-corrected chi connectivity index (χ2v) is 7.83. The fourth-order valence-electron chi connectivity index (χ4n) is 3.81. The van der Waals surface area contributed by atoms with Gasteiger partial charge in [-0.25, -0.2) is 22.9 Å². The van der Waals surface area contributed by atoms with Crippen LogP contribution in [-0.2, 0) is 16.0 Å². The lowest BCUT2D eigenvalue weighted by Crippen LogP contribution is -2.29. The Labute approximate surface area is 191 Å². The number of carbonyl (C=O) groups is 2. The van der Waals surface area contributed by atoms with E-state index in [2.05, 4.69) is 20.4 Å². The van der Waals surface area contributed by atoms with Crippen molar-refractivity contribution in [3.05, 3.63) is 76.7 Å². The van der Waals surface area contributed by atoms with Gasteiger partial charge in [0.1, 0.15) is 23.1 Å². The molecule has 1 atom stereocenters. The second kappa shape index (κ2) is 9.86. The molecule has 2 N–H and O–H groups in total. The molecule has 1 unspecified atom stereocenters. The number of carbonyl (C=O) groups excluding carboxylic acids is 1. The zero-order chi connectivity index (χ0) is 24.2. The van der Waals surface area contributed by atoms with E-state index < -0.39 is 29.3 Å². The van der Waals surface area contributed by atoms with Crippen molar-refractivity contribution in [3.63, 3.8) is 0 Å². The van der Waals surface area contributed by atoms with E-state index in [1.165, 1.54) is 24.3 Å². The number of aryl methyl sites for hydroxylation is 1. The summed E-state index contributed by atoms with van der Waals surface area (Å²) in [7, 11) is 0. The number of pyridine rings is 1. The van der Waals surface area contributed by atoms with E-state index >= 15 is 0 Å². The van der Waals surface area contributed by atoms with Crippen LogP contribution in [0.15, 0.2) is 52.3 Å². The van der Waals surface area contributed by atoms with Gasteiger partial charge in [0.25, 0.3) is 0 Å². The van der Waals surface area contributed by atoms with Crippen LogP contribution in [0.4, 0.5) is 13.2 Å². The normalized spacial score (nSPS) is 15.9. The van der Waals surface area contributed by atoms with Crippen molar-refractivity contribution in [2.45, 2.75) is 38.0 Å². The molecule has 0 spiro atoms. The summed E-state index contributed by atoms with van der Waals surface area (Å²) in [6.45, 7) is 0. The smallest absolute Gasteiger partial charge is 0.333 e. The van der Waals surface area contributed by atoms with Crippen LogP contribution in [0.3, 0.4) is 0 Å². The average molecular weight is 472 g/mol. The van der Waals surface area contributed by atoms with E-state index in [1.807, 2.05) is 0 Å². The van der Waals surface area contributed by atoms with Crippen molar-refractivity contribution in [2.24, 2.45) is 0 Å². The number of aromatic nitrogens is 3. The van der Waals surface area contributed by atoms with Crippen LogP contribution < -0.4 is 5.32 Å². The van der Waals surface area contributed by atoms with E-state index in [9.17, 15) is 27.9 Å². The lowest BCUT2D eigenvalue weighted by Gasteiger charge is -2.26. The molecule has 2 aromatic heterocycles. The molecule has 4 rings (SSSR count). The summed E-state index contributed by atoms with van der Waals surface area (Å²) >= 11 is 0. The molecule has 11 heteroatoms. The molecule has 1 aliphatic carbocycles. The number of hydrogen-bond acceptors (Lipinski definition) is 6. The summed E-state index contributed by atoms with van der Waals surface area (Å²) in [5.74, 6) is -3.67. The number of carboxylic acids is 1. The van der Waals surface area contributed by atoms with Crippen molar-refractivity contribution < 1.29 is 32.4 Å². The van der Waals surface area contributed by atoms with Crippen LogP contribution in [0.1, 0.15) is 43.1 Å². The molecule has 1 amide bonds. The third kappa shape index (κ3) is 5.48. The number of amides is 1. The maximum absolute atomic E-state index is 13.6. The Hall–Kier alpha value is -4.02. The summed E-state index contributed by atoms with van der Waals surface area (Å²) in [5, 5.41) is 16.0. The van der Waals surface area contributed by atoms with Gasteiger partial charge in [-0.05, 0) is 55.0 Å². The molecular formula is C23H19F3N4O4. The average Bonchev–Trinajstić information content (AvgIpc) is 3.27. The number of hydrogen-bond donors (Lipinski definition) is 2. The van der Waals surface area contributed by atoms with Gasteiger partial charge in [0.2, 0.25) is 17.6 Å². The predicted octanol–water partition coefficient (Wildman–Crippen LogP) is 3.90. The Bertz CT molecular complexity index is 1240. The minimum absolute atomic E-state index is 0.00303. The van der Waals surface area contributed by atoms with Gasteiger partial charge in [-0.1, -0.05) is 5.16 Å². The number of halogens is 3. The standard InChI is InChI=1S/C23H19F3N4O4/c24-14-2-4-19(27-11-14)22-29-21(34-30-22)6-5-20(31)28-18-3-1-12(9-17(18)23(32)33)13-7-15(25)10-16(26)8-13/h2,4,7-8,10-12H,1,3,5-6,9H2,(H,28,31)(H,32,33). The highest BCUT2D eigenvalue weighted by atomic mass is 19.1. The fraction of sp³-hybridized carbons (Fsp3) is 0.261. The molecule has 0 fully saturated rings. The van der Waals surface area contributed by atoms with E-state index in [0.717, 1.165) is 12.3 Å². The number of benzene rings is 1. The number of carboxylic acid groups (broad SMARTS) is 1. The number of allylic oxidation sites excluding steroid dienone is 1. The first kappa shape index (κ1) is 23.1. The topological polar surface area (TPSA) is 118 Å². The molecule has 0 radical (unpaired) electrons. The number of nitrogens with one attached hydrogen (secondary N) is 1. The lowest BCUT2D eigenvalue weighted by molar-refractivity contribution is -0.133. The third-order valence-corrected chi connectivity index (χ3v) is 5.45. The molecule has 1 aromatic carbocycles. The maximum atomic E-state index is 13.6. The van der Waals surface area contributed by atoms with Crippen molar-refractivity contribution in [3.8, 4) is 11.5 Å². The molecule has 2 heterocycles. The highest BCUT2D eigenvalue weighted by Gasteiger charge is 2.28. The van der Waals surface area contributed by atoms with Crippen LogP contribution in [0, 0.1) is 17.5 Å². The Morgan fingerprint density at radius 1 is 1.12 bits per heavy atom. The number of aliphatic carboxylic acids is 1. The first-order valence-corrected chi connectivity index (χ1v) is 10.4. The van der Waals surface area contributed by atoms with Gasteiger partial charge < -0.3 is 14.9 Å². The number of nitrogens with zero attached hydrogens (tertiary/aromatic N) is 3. The van der Waals surface area contributed by atoms with Crippen LogP contribution in [0.5, 0.6) is 0 Å². The summed E-state index contributed by atoms with van der Waals surface area (Å²) in [6, 6.07) is 5.74. The van der Waals surface area contributed by atoms with E-state index in [0.29, 0.717) is 17.7 Å². The van der Waals surface area contributed by atoms with Crippen LogP contribution in [-0.4, -0.2) is 32.1 Å². The summed E-state index contributed by atoms with van der Waals surface area (Å²) < 4.78 is 45.2. The van der Waals surface area contributed by atoms with Gasteiger partial charge in [-0.2, -0.15) is 4.98 Å². The Balaban J connectivity index is 1.39. The van der Waals surface area contributed by atoms with Crippen molar-refractivity contribution >= 4 is 11.9 Å². The molecule has 0 aliphatic heterocycles. The Kier molecular flexibility index (Phi) is 6.71. The van der Waals surface area contributed by atoms with Gasteiger partial charge in [-0.15, -0.1) is 0 Å². The monoisotopic (exact) mass is 472 g/mol. The molecular weight excluding hydrogens is 453 g/mol. The van der Waals surface area contributed by atoms with Gasteiger partial charge in [0.05, 0.1) is 11.8 Å². The number of rotatable bonds is 7. The zero-order valence-corrected chi connectivity index (χ0v) is 17.7. The van der Waals surface area contributed by atoms with Crippen molar-refractivity contribution in [1.82, 2.24) is 20.4 Å². The van der Waals surface area contributed by atoms with E-state index in [4.69, 9.17) is 4.52 Å². The van der Waals surface area contributed by atoms with Crippen LogP contribution in [0.2, 0.25) is 0 Å². The molecule has 176 valence electrons. The van der Waals surface area contributed by atoms with Gasteiger partial charge >= 0.3 is 5.97 Å². The second-order valence-electron chi connectivity index (χ2n) is 7.83. The van der Waals surface area contributed by atoms with Gasteiger partial charge in [0.15, 0.2) is 0 Å². The zero-order valence-electron chi connectivity index (χ0n) is 17.7. The fourth-order valence-corrected chi connectivity index (χ4v) is 3.81. The quantitative estimate of drug-likeness (QED) is 0.535. The lowest BCUT2D eigenvalue weighted by atomic mass is 9.82. The van der Waals surface area contributed by atoms with Crippen molar-refractivity contribution in [2.75, 3.05) is 0 Å². The molecule has 0 saturated heterocycles. The van der Waals surface area contributed by atoms with Crippen molar-refractivity contribution in [1.29, 1.82) is 0 Å². The molecule has 0 saturated carbocycles.